The van der Waals surface area contributed by atoms with E-state index in [4.69, 9.17) is 4.55 Å². The summed E-state index contributed by atoms with van der Waals surface area (Å²) in [5.41, 5.74) is -0.246. The molecular formula is C11H9BrF3NO7S. The molecule has 0 bridgehead atoms. The Morgan fingerprint density at radius 3 is 2.21 bits per heavy atom. The number of ether oxygens (including phenoxy) is 1. The van der Waals surface area contributed by atoms with Gasteiger partial charge in [0.1, 0.15) is 10.6 Å². The summed E-state index contributed by atoms with van der Waals surface area (Å²) in [7, 11) is -5.05. The second-order valence-electron chi connectivity index (χ2n) is 4.43. The van der Waals surface area contributed by atoms with E-state index in [0.29, 0.717) is 0 Å². The molecule has 1 rings (SSSR count). The predicted octanol–water partition coefficient (Wildman–Crippen LogP) is 2.39. The van der Waals surface area contributed by atoms with E-state index < -0.39 is 43.9 Å². The van der Waals surface area contributed by atoms with Crippen LogP contribution in [-0.2, 0) is 19.6 Å². The van der Waals surface area contributed by atoms with Crippen LogP contribution in [0.1, 0.15) is 10.4 Å². The van der Waals surface area contributed by atoms with Crippen molar-refractivity contribution in [3.8, 4) is 0 Å². The van der Waals surface area contributed by atoms with E-state index in [1.807, 2.05) is 0 Å². The van der Waals surface area contributed by atoms with E-state index >= 15 is 0 Å². The SMILES string of the molecule is O=C(OC(CS(=O)(=O)O)C(F)(F)F)C(Br)c1ccc([N+](=O)[O-])cc1. The third kappa shape index (κ3) is 6.05. The van der Waals surface area contributed by atoms with Crippen molar-refractivity contribution in [2.45, 2.75) is 17.1 Å². The van der Waals surface area contributed by atoms with Crippen LogP contribution in [0.15, 0.2) is 24.3 Å². The smallest absolute Gasteiger partial charge is 0.426 e. The molecule has 0 amide bonds. The fraction of sp³-hybridized carbons (Fsp3) is 0.364. The van der Waals surface area contributed by atoms with Gasteiger partial charge in [-0.05, 0) is 5.56 Å². The number of nitrogens with zero attached hydrogens (tertiary/aromatic N) is 1. The second-order valence-corrected chi connectivity index (χ2v) is 6.84. The number of nitro benzene ring substituents is 1. The number of rotatable bonds is 6. The average molecular weight is 436 g/mol. The molecule has 8 nitrogen and oxygen atoms in total. The first-order valence-electron chi connectivity index (χ1n) is 5.92. The number of alkyl halides is 4. The highest BCUT2D eigenvalue weighted by Gasteiger charge is 2.46. The Balaban J connectivity index is 2.92. The maximum absolute atomic E-state index is 12.7. The van der Waals surface area contributed by atoms with Gasteiger partial charge in [-0.2, -0.15) is 21.6 Å². The first-order valence-corrected chi connectivity index (χ1v) is 8.44. The Morgan fingerprint density at radius 2 is 1.83 bits per heavy atom. The first-order chi connectivity index (χ1) is 10.8. The molecule has 1 aromatic carbocycles. The summed E-state index contributed by atoms with van der Waals surface area (Å²) >= 11 is 2.76. The number of halogens is 4. The van der Waals surface area contributed by atoms with Gasteiger partial charge in [-0.25, -0.2) is 0 Å². The Kier molecular flexibility index (Phi) is 6.30. The molecule has 2 atom stereocenters. The lowest BCUT2D eigenvalue weighted by Gasteiger charge is -2.21. The van der Waals surface area contributed by atoms with Crippen LogP contribution in [0.3, 0.4) is 0 Å². The summed E-state index contributed by atoms with van der Waals surface area (Å²) in [5.74, 6) is -3.32. The van der Waals surface area contributed by atoms with Crippen LogP contribution in [-0.4, -0.2) is 41.9 Å². The Hall–Kier alpha value is -1.73. The minimum atomic E-state index is -5.21. The molecule has 0 saturated heterocycles. The molecule has 0 saturated carbocycles. The zero-order valence-electron chi connectivity index (χ0n) is 11.4. The van der Waals surface area contributed by atoms with Crippen molar-refractivity contribution in [1.29, 1.82) is 0 Å². The molecule has 0 heterocycles. The molecule has 0 aliphatic heterocycles. The van der Waals surface area contributed by atoms with Crippen LogP contribution < -0.4 is 0 Å². The van der Waals surface area contributed by atoms with Crippen molar-refractivity contribution < 1.29 is 40.6 Å². The number of hydrogen-bond donors (Lipinski definition) is 1. The molecule has 24 heavy (non-hydrogen) atoms. The standard InChI is InChI=1S/C11H9BrF3NO7S/c12-9(6-1-3-7(4-2-6)16(18)19)10(17)23-8(11(13,14)15)5-24(20,21)22/h1-4,8-9H,5H2,(H,20,21,22). The highest BCUT2D eigenvalue weighted by molar-refractivity contribution is 9.09. The summed E-state index contributed by atoms with van der Waals surface area (Å²) in [4.78, 5) is 20.1. The lowest BCUT2D eigenvalue weighted by molar-refractivity contribution is -0.384. The van der Waals surface area contributed by atoms with E-state index in [1.54, 1.807) is 0 Å². The van der Waals surface area contributed by atoms with Crippen molar-refractivity contribution in [2.24, 2.45) is 0 Å². The van der Waals surface area contributed by atoms with Gasteiger partial charge in [0.15, 0.2) is 0 Å². The van der Waals surface area contributed by atoms with E-state index in [9.17, 15) is 36.5 Å². The normalized spacial score (nSPS) is 14.7. The third-order valence-corrected chi connectivity index (χ3v) is 4.22. The van der Waals surface area contributed by atoms with Gasteiger partial charge in [-0.15, -0.1) is 0 Å². The summed E-state index contributed by atoms with van der Waals surface area (Å²) in [6, 6.07) is 4.28. The van der Waals surface area contributed by atoms with Gasteiger partial charge in [-0.1, -0.05) is 28.1 Å². The molecule has 0 aromatic heterocycles. The fourth-order valence-corrected chi connectivity index (χ4v) is 2.54. The number of benzene rings is 1. The molecule has 134 valence electrons. The van der Waals surface area contributed by atoms with Crippen LogP contribution >= 0.6 is 15.9 Å². The van der Waals surface area contributed by atoms with Crippen LogP contribution in [0.5, 0.6) is 0 Å². The summed E-state index contributed by atoms with van der Waals surface area (Å²) in [5, 5.41) is 10.5. The van der Waals surface area contributed by atoms with Gasteiger partial charge in [0, 0.05) is 12.1 Å². The number of non-ortho nitro benzene ring substituents is 1. The predicted molar refractivity (Wildman–Crippen MR) is 77.1 cm³/mol. The Labute approximate surface area is 141 Å². The van der Waals surface area contributed by atoms with Crippen LogP contribution in [0.2, 0.25) is 0 Å². The lowest BCUT2D eigenvalue weighted by Crippen LogP contribution is -2.40. The van der Waals surface area contributed by atoms with E-state index in [1.165, 1.54) is 0 Å². The molecular weight excluding hydrogens is 427 g/mol. The van der Waals surface area contributed by atoms with Crippen LogP contribution in [0.4, 0.5) is 18.9 Å². The number of nitro groups is 1. The average Bonchev–Trinajstić information content (AvgIpc) is 2.43. The highest BCUT2D eigenvalue weighted by atomic mass is 79.9. The number of hydrogen-bond acceptors (Lipinski definition) is 6. The monoisotopic (exact) mass is 435 g/mol. The van der Waals surface area contributed by atoms with Gasteiger partial charge in [0.05, 0.1) is 4.92 Å². The minimum absolute atomic E-state index is 0.0541. The maximum atomic E-state index is 12.7. The zero-order chi connectivity index (χ0) is 18.7. The third-order valence-electron chi connectivity index (χ3n) is 2.59. The summed E-state index contributed by atoms with van der Waals surface area (Å²) < 4.78 is 71.8. The van der Waals surface area contributed by atoms with Crippen LogP contribution in [0, 0.1) is 10.1 Å². The number of carbonyl (C=O) groups is 1. The molecule has 13 heteroatoms. The molecule has 0 fully saturated rings. The van der Waals surface area contributed by atoms with Gasteiger partial charge in [0.2, 0.25) is 6.10 Å². The summed E-state index contributed by atoms with van der Waals surface area (Å²) in [6.45, 7) is 0. The Morgan fingerprint density at radius 1 is 1.33 bits per heavy atom. The Bertz CT molecular complexity index is 720. The molecule has 1 aromatic rings. The van der Waals surface area contributed by atoms with Crippen molar-refractivity contribution in [1.82, 2.24) is 0 Å². The van der Waals surface area contributed by atoms with E-state index in [0.717, 1.165) is 24.3 Å². The topological polar surface area (TPSA) is 124 Å². The molecule has 1 N–H and O–H groups in total. The van der Waals surface area contributed by atoms with Crippen molar-refractivity contribution >= 4 is 37.7 Å². The van der Waals surface area contributed by atoms with Crippen molar-refractivity contribution in [3.63, 3.8) is 0 Å². The largest absolute Gasteiger partial charge is 0.450 e. The summed E-state index contributed by atoms with van der Waals surface area (Å²) in [6.07, 6.45) is -8.27. The van der Waals surface area contributed by atoms with Crippen LogP contribution in [0.25, 0.3) is 0 Å². The van der Waals surface area contributed by atoms with Gasteiger partial charge < -0.3 is 4.74 Å². The van der Waals surface area contributed by atoms with Gasteiger partial charge in [0.25, 0.3) is 15.8 Å². The molecule has 0 aliphatic rings. The lowest BCUT2D eigenvalue weighted by atomic mass is 10.1. The minimum Gasteiger partial charge on any atom is -0.450 e. The quantitative estimate of drug-likeness (QED) is 0.239. The molecule has 0 spiro atoms. The fourth-order valence-electron chi connectivity index (χ4n) is 1.49. The van der Waals surface area contributed by atoms with Crippen molar-refractivity contribution in [3.05, 3.63) is 39.9 Å². The van der Waals surface area contributed by atoms with E-state index in [2.05, 4.69) is 20.7 Å². The van der Waals surface area contributed by atoms with Crippen molar-refractivity contribution in [2.75, 3.05) is 5.75 Å². The van der Waals surface area contributed by atoms with Gasteiger partial charge >= 0.3 is 12.1 Å². The first kappa shape index (κ1) is 20.3. The zero-order valence-corrected chi connectivity index (χ0v) is 13.8. The number of esters is 1. The molecule has 0 radical (unpaired) electrons. The maximum Gasteiger partial charge on any atom is 0.426 e. The molecule has 2 unspecified atom stereocenters. The number of carbonyl (C=O) groups excluding carboxylic acids is 1. The van der Waals surface area contributed by atoms with Gasteiger partial charge in [-0.3, -0.25) is 19.5 Å². The molecule has 0 aliphatic carbocycles. The van der Waals surface area contributed by atoms with E-state index in [-0.39, 0.29) is 11.3 Å². The second kappa shape index (κ2) is 7.44. The highest BCUT2D eigenvalue weighted by Crippen LogP contribution is 2.30.